The van der Waals surface area contributed by atoms with Crippen molar-refractivity contribution < 1.29 is 4.79 Å². The number of nitrogens with zero attached hydrogens (tertiary/aromatic N) is 1. The van der Waals surface area contributed by atoms with Crippen molar-refractivity contribution in [3.63, 3.8) is 0 Å². The molecular weight excluding hydrogens is 256 g/mol. The maximum Gasteiger partial charge on any atom is 0.255 e. The Labute approximate surface area is 118 Å². The molecule has 1 N–H and O–H groups in total. The molecule has 2 rings (SSSR count). The Hall–Kier alpha value is -1.94. The van der Waals surface area contributed by atoms with Gasteiger partial charge in [0, 0.05) is 30.2 Å². The van der Waals surface area contributed by atoms with Crippen molar-refractivity contribution in [2.45, 2.75) is 4.90 Å². The third-order valence-corrected chi connectivity index (χ3v) is 3.19. The molecule has 3 nitrogen and oxygen atoms in total. The van der Waals surface area contributed by atoms with Crippen LogP contribution in [0, 0.1) is 0 Å². The highest BCUT2D eigenvalue weighted by molar-refractivity contribution is 7.80. The highest BCUT2D eigenvalue weighted by atomic mass is 32.1. The molecule has 0 atom stereocenters. The van der Waals surface area contributed by atoms with Gasteiger partial charge in [0.25, 0.3) is 5.91 Å². The van der Waals surface area contributed by atoms with Crippen LogP contribution < -0.4 is 10.2 Å². The second-order valence-corrected chi connectivity index (χ2v) is 4.89. The van der Waals surface area contributed by atoms with E-state index in [2.05, 4.69) is 17.9 Å². The summed E-state index contributed by atoms with van der Waals surface area (Å²) in [5.74, 6) is -0.133. The van der Waals surface area contributed by atoms with E-state index in [1.54, 1.807) is 0 Å². The Balaban J connectivity index is 2.14. The topological polar surface area (TPSA) is 32.3 Å². The third-order valence-electron chi connectivity index (χ3n) is 2.80. The molecule has 0 saturated carbocycles. The van der Waals surface area contributed by atoms with Crippen molar-refractivity contribution in [2.24, 2.45) is 0 Å². The summed E-state index contributed by atoms with van der Waals surface area (Å²) in [6.07, 6.45) is 0. The molecule has 0 fully saturated rings. The number of benzene rings is 2. The van der Waals surface area contributed by atoms with Gasteiger partial charge < -0.3 is 10.2 Å². The van der Waals surface area contributed by atoms with Gasteiger partial charge >= 0.3 is 0 Å². The standard InChI is InChI=1S/C15H16N2OS/c1-17(2)12-9-7-11(8-10-12)15(18)16-13-5-3-4-6-14(13)19/h3-10,19H,1-2H3,(H,16,18). The first-order chi connectivity index (χ1) is 9.08. The molecule has 2 aromatic carbocycles. The van der Waals surface area contributed by atoms with Gasteiger partial charge in [-0.3, -0.25) is 4.79 Å². The molecular formula is C15H16N2OS. The van der Waals surface area contributed by atoms with Gasteiger partial charge in [0.1, 0.15) is 0 Å². The number of para-hydroxylation sites is 1. The van der Waals surface area contributed by atoms with E-state index in [1.165, 1.54) is 0 Å². The van der Waals surface area contributed by atoms with Crippen LogP contribution in [0.2, 0.25) is 0 Å². The van der Waals surface area contributed by atoms with E-state index in [-0.39, 0.29) is 5.91 Å². The summed E-state index contributed by atoms with van der Waals surface area (Å²) in [4.78, 5) is 14.8. The largest absolute Gasteiger partial charge is 0.378 e. The van der Waals surface area contributed by atoms with Crippen LogP contribution in [0.3, 0.4) is 0 Å². The van der Waals surface area contributed by atoms with Gasteiger partial charge in [-0.25, -0.2) is 0 Å². The number of anilines is 2. The fraction of sp³-hybridized carbons (Fsp3) is 0.133. The molecule has 0 aromatic heterocycles. The number of thiol groups is 1. The second-order valence-electron chi connectivity index (χ2n) is 4.41. The molecule has 0 aliphatic rings. The highest BCUT2D eigenvalue weighted by Crippen LogP contribution is 2.20. The van der Waals surface area contributed by atoms with Crippen molar-refractivity contribution in [1.29, 1.82) is 0 Å². The lowest BCUT2D eigenvalue weighted by molar-refractivity contribution is 0.102. The molecule has 0 saturated heterocycles. The molecule has 0 aliphatic heterocycles. The van der Waals surface area contributed by atoms with E-state index in [9.17, 15) is 4.79 Å². The minimum absolute atomic E-state index is 0.133. The van der Waals surface area contributed by atoms with Gasteiger partial charge in [0.05, 0.1) is 5.69 Å². The Morgan fingerprint density at radius 3 is 2.26 bits per heavy atom. The Morgan fingerprint density at radius 1 is 1.05 bits per heavy atom. The first-order valence-electron chi connectivity index (χ1n) is 5.94. The number of hydrogen-bond donors (Lipinski definition) is 2. The monoisotopic (exact) mass is 272 g/mol. The van der Waals surface area contributed by atoms with Gasteiger partial charge in [-0.2, -0.15) is 0 Å². The van der Waals surface area contributed by atoms with Crippen LogP contribution in [-0.2, 0) is 0 Å². The number of carbonyl (C=O) groups excluding carboxylic acids is 1. The molecule has 0 spiro atoms. The smallest absolute Gasteiger partial charge is 0.255 e. The van der Waals surface area contributed by atoms with Crippen LogP contribution in [0.25, 0.3) is 0 Å². The van der Waals surface area contributed by atoms with Crippen LogP contribution >= 0.6 is 12.6 Å². The first-order valence-corrected chi connectivity index (χ1v) is 6.39. The Morgan fingerprint density at radius 2 is 1.68 bits per heavy atom. The first kappa shape index (κ1) is 13.5. The molecule has 1 amide bonds. The van der Waals surface area contributed by atoms with Crippen molar-refractivity contribution in [1.82, 2.24) is 0 Å². The predicted octanol–water partition coefficient (Wildman–Crippen LogP) is 3.29. The lowest BCUT2D eigenvalue weighted by atomic mass is 10.2. The summed E-state index contributed by atoms with van der Waals surface area (Å²) >= 11 is 4.31. The molecule has 0 aliphatic carbocycles. The van der Waals surface area contributed by atoms with Crippen molar-refractivity contribution in [3.8, 4) is 0 Å². The summed E-state index contributed by atoms with van der Waals surface area (Å²) in [7, 11) is 3.93. The van der Waals surface area contributed by atoms with Gasteiger partial charge in [-0.15, -0.1) is 12.6 Å². The summed E-state index contributed by atoms with van der Waals surface area (Å²) < 4.78 is 0. The number of carbonyl (C=O) groups is 1. The minimum atomic E-state index is -0.133. The SMILES string of the molecule is CN(C)c1ccc(C(=O)Nc2ccccc2S)cc1. The lowest BCUT2D eigenvalue weighted by Gasteiger charge is -2.13. The molecule has 2 aromatic rings. The molecule has 0 unspecified atom stereocenters. The Kier molecular flexibility index (Phi) is 4.12. The third kappa shape index (κ3) is 3.29. The molecule has 0 radical (unpaired) electrons. The lowest BCUT2D eigenvalue weighted by Crippen LogP contribution is -2.13. The average molecular weight is 272 g/mol. The zero-order valence-electron chi connectivity index (χ0n) is 10.9. The summed E-state index contributed by atoms with van der Waals surface area (Å²) in [5.41, 5.74) is 2.40. The molecule has 4 heteroatoms. The van der Waals surface area contributed by atoms with Gasteiger partial charge in [0.15, 0.2) is 0 Å². The normalized spacial score (nSPS) is 10.1. The van der Waals surface area contributed by atoms with Crippen LogP contribution in [0.4, 0.5) is 11.4 Å². The maximum atomic E-state index is 12.1. The molecule has 0 bridgehead atoms. The quantitative estimate of drug-likeness (QED) is 0.840. The van der Waals surface area contributed by atoms with Gasteiger partial charge in [0.2, 0.25) is 0 Å². The zero-order valence-corrected chi connectivity index (χ0v) is 11.8. The predicted molar refractivity (Wildman–Crippen MR) is 82.4 cm³/mol. The van der Waals surface area contributed by atoms with Crippen LogP contribution in [0.5, 0.6) is 0 Å². The number of nitrogens with one attached hydrogen (secondary N) is 1. The maximum absolute atomic E-state index is 12.1. The van der Waals surface area contributed by atoms with Crippen molar-refractivity contribution in [2.75, 3.05) is 24.3 Å². The van der Waals surface area contributed by atoms with Gasteiger partial charge in [-0.05, 0) is 36.4 Å². The highest BCUT2D eigenvalue weighted by Gasteiger charge is 2.07. The zero-order chi connectivity index (χ0) is 13.8. The fourth-order valence-electron chi connectivity index (χ4n) is 1.68. The number of amides is 1. The van der Waals surface area contributed by atoms with E-state index < -0.39 is 0 Å². The molecule has 98 valence electrons. The van der Waals surface area contributed by atoms with E-state index in [0.717, 1.165) is 10.6 Å². The van der Waals surface area contributed by atoms with E-state index in [0.29, 0.717) is 11.3 Å². The summed E-state index contributed by atoms with van der Waals surface area (Å²) in [5, 5.41) is 2.85. The van der Waals surface area contributed by atoms with Crippen molar-refractivity contribution in [3.05, 3.63) is 54.1 Å². The van der Waals surface area contributed by atoms with Crippen LogP contribution in [-0.4, -0.2) is 20.0 Å². The number of rotatable bonds is 3. The minimum Gasteiger partial charge on any atom is -0.378 e. The average Bonchev–Trinajstić information content (AvgIpc) is 2.41. The van der Waals surface area contributed by atoms with Gasteiger partial charge in [-0.1, -0.05) is 12.1 Å². The molecule has 19 heavy (non-hydrogen) atoms. The van der Waals surface area contributed by atoms with Crippen LogP contribution in [0.1, 0.15) is 10.4 Å². The Bertz CT molecular complexity index is 579. The van der Waals surface area contributed by atoms with E-state index in [1.807, 2.05) is 67.5 Å². The number of hydrogen-bond acceptors (Lipinski definition) is 3. The second kappa shape index (κ2) is 5.80. The molecule has 0 heterocycles. The van der Waals surface area contributed by atoms with E-state index >= 15 is 0 Å². The van der Waals surface area contributed by atoms with Crippen molar-refractivity contribution >= 4 is 29.9 Å². The summed E-state index contributed by atoms with van der Waals surface area (Å²) in [6.45, 7) is 0. The van der Waals surface area contributed by atoms with Crippen LogP contribution in [0.15, 0.2) is 53.4 Å². The van der Waals surface area contributed by atoms with E-state index in [4.69, 9.17) is 0 Å². The summed E-state index contributed by atoms with van der Waals surface area (Å²) in [6, 6.07) is 14.9. The fourth-order valence-corrected chi connectivity index (χ4v) is 1.90.